The Hall–Kier alpha value is -6.33. The second-order valence-corrected chi connectivity index (χ2v) is 10.1. The fourth-order valence-corrected chi connectivity index (χ4v) is 4.86. The monoisotopic (exact) mass is 588 g/mol. The SMILES string of the molecule is CN(C)Cc1ccccc1-c1ccc(NC(=O)n2c(=O)[nH]c3c(C#N)nn(-c4cccc(-c5nnc(N)o5)c4)c3c2=O)cc1. The van der Waals surface area contributed by atoms with Gasteiger partial charge in [0.1, 0.15) is 11.6 Å². The second-order valence-electron chi connectivity index (χ2n) is 10.1. The Morgan fingerprint density at radius 2 is 1.82 bits per heavy atom. The summed E-state index contributed by atoms with van der Waals surface area (Å²) in [5.74, 6) is 0.124. The van der Waals surface area contributed by atoms with E-state index in [9.17, 15) is 19.6 Å². The zero-order valence-electron chi connectivity index (χ0n) is 23.5. The van der Waals surface area contributed by atoms with Gasteiger partial charge in [-0.15, -0.1) is 5.10 Å². The number of fused-ring (bicyclic) bond motifs is 1. The van der Waals surface area contributed by atoms with Crippen LogP contribution in [0.3, 0.4) is 0 Å². The number of anilines is 2. The number of nitrogens with one attached hydrogen (secondary N) is 2. The summed E-state index contributed by atoms with van der Waals surface area (Å²) in [4.78, 5) is 44.5. The summed E-state index contributed by atoms with van der Waals surface area (Å²) in [7, 11) is 3.99. The highest BCUT2D eigenvalue weighted by molar-refractivity contribution is 5.93. The summed E-state index contributed by atoms with van der Waals surface area (Å²) in [5, 5.41) is 24.0. The molecule has 1 amide bonds. The van der Waals surface area contributed by atoms with E-state index in [1.54, 1.807) is 36.4 Å². The molecule has 0 atom stereocenters. The molecule has 3 aromatic carbocycles. The van der Waals surface area contributed by atoms with Gasteiger partial charge < -0.3 is 25.4 Å². The lowest BCUT2D eigenvalue weighted by molar-refractivity contribution is 0.252. The smallest absolute Gasteiger partial charge is 0.337 e. The number of nitrogen functional groups attached to an aromatic ring is 1. The third-order valence-electron chi connectivity index (χ3n) is 6.76. The first kappa shape index (κ1) is 27.8. The van der Waals surface area contributed by atoms with Crippen molar-refractivity contribution in [3.8, 4) is 34.3 Å². The van der Waals surface area contributed by atoms with Gasteiger partial charge in [0, 0.05) is 17.8 Å². The number of aromatic amines is 1. The van der Waals surface area contributed by atoms with E-state index in [0.717, 1.165) is 23.2 Å². The molecule has 0 aliphatic heterocycles. The lowest BCUT2D eigenvalue weighted by Gasteiger charge is -2.15. The zero-order chi connectivity index (χ0) is 31.0. The Morgan fingerprint density at radius 3 is 2.52 bits per heavy atom. The molecule has 0 unspecified atom stereocenters. The van der Waals surface area contributed by atoms with Gasteiger partial charge in [0.05, 0.1) is 5.69 Å². The summed E-state index contributed by atoms with van der Waals surface area (Å²) in [5.41, 5.74) is 7.31. The minimum absolute atomic E-state index is 0.111. The van der Waals surface area contributed by atoms with Crippen molar-refractivity contribution >= 4 is 28.8 Å². The van der Waals surface area contributed by atoms with Crippen LogP contribution in [0.2, 0.25) is 0 Å². The van der Waals surface area contributed by atoms with Crippen molar-refractivity contribution in [2.24, 2.45) is 0 Å². The number of nitrogens with two attached hydrogens (primary N) is 1. The topological polar surface area (TPSA) is 194 Å². The van der Waals surface area contributed by atoms with Crippen LogP contribution in [0.25, 0.3) is 39.3 Å². The first-order valence-corrected chi connectivity index (χ1v) is 13.3. The fourth-order valence-electron chi connectivity index (χ4n) is 4.86. The van der Waals surface area contributed by atoms with E-state index in [-0.39, 0.29) is 28.6 Å². The number of nitriles is 1. The molecule has 6 aromatic rings. The van der Waals surface area contributed by atoms with Crippen LogP contribution in [0.1, 0.15) is 11.3 Å². The molecule has 3 heterocycles. The Labute approximate surface area is 248 Å². The van der Waals surface area contributed by atoms with E-state index in [4.69, 9.17) is 10.2 Å². The van der Waals surface area contributed by atoms with Crippen LogP contribution in [-0.4, -0.2) is 54.6 Å². The predicted molar refractivity (Wildman–Crippen MR) is 162 cm³/mol. The Morgan fingerprint density at radius 1 is 1.05 bits per heavy atom. The average molecular weight is 589 g/mol. The van der Waals surface area contributed by atoms with Crippen LogP contribution in [0.5, 0.6) is 0 Å². The molecule has 0 spiro atoms. The number of benzene rings is 3. The van der Waals surface area contributed by atoms with Gasteiger partial charge in [0.25, 0.3) is 5.56 Å². The number of hydrogen-bond acceptors (Lipinski definition) is 10. The Kier molecular flexibility index (Phi) is 7.05. The fraction of sp³-hybridized carbons (Fsp3) is 0.100. The molecule has 14 nitrogen and oxygen atoms in total. The molecule has 0 aliphatic rings. The van der Waals surface area contributed by atoms with E-state index in [0.29, 0.717) is 21.5 Å². The van der Waals surface area contributed by atoms with Crippen molar-refractivity contribution in [3.05, 3.63) is 105 Å². The number of carbonyl (C=O) groups is 1. The maximum atomic E-state index is 13.7. The molecule has 14 heteroatoms. The minimum Gasteiger partial charge on any atom is -0.404 e. The number of rotatable bonds is 6. The second kappa shape index (κ2) is 11.2. The van der Waals surface area contributed by atoms with Gasteiger partial charge in [-0.3, -0.25) is 4.79 Å². The van der Waals surface area contributed by atoms with E-state index in [1.807, 2.05) is 50.5 Å². The highest BCUT2D eigenvalue weighted by Gasteiger charge is 2.23. The molecule has 218 valence electrons. The van der Waals surface area contributed by atoms with E-state index >= 15 is 0 Å². The van der Waals surface area contributed by atoms with Gasteiger partial charge in [0.15, 0.2) is 11.2 Å². The predicted octanol–water partition coefficient (Wildman–Crippen LogP) is 3.19. The maximum absolute atomic E-state index is 13.7. The normalized spacial score (nSPS) is 11.1. The van der Waals surface area contributed by atoms with Crippen LogP contribution < -0.4 is 22.3 Å². The van der Waals surface area contributed by atoms with Crippen molar-refractivity contribution in [1.29, 1.82) is 5.26 Å². The Bertz CT molecular complexity index is 2200. The lowest BCUT2D eigenvalue weighted by atomic mass is 9.99. The molecular weight excluding hydrogens is 564 g/mol. The summed E-state index contributed by atoms with van der Waals surface area (Å²) in [6.07, 6.45) is 0. The number of aromatic nitrogens is 6. The standard InChI is InChI=1S/C30H24N10O4/c1-38(2)16-19-6-3-4-9-22(19)17-10-12-20(13-11-17)33-29(42)39-27(41)25-24(34-30(39)43)23(15-31)37-40(25)21-8-5-7-18(14-21)26-35-36-28(32)44-26/h3-14H,16H2,1-2H3,(H2,32,36)(H,33,42)(H,34,43). The first-order chi connectivity index (χ1) is 21.2. The third kappa shape index (κ3) is 5.10. The summed E-state index contributed by atoms with van der Waals surface area (Å²) in [6, 6.07) is 22.3. The van der Waals surface area contributed by atoms with Gasteiger partial charge in [-0.1, -0.05) is 47.6 Å². The molecule has 0 saturated carbocycles. The molecule has 44 heavy (non-hydrogen) atoms. The van der Waals surface area contributed by atoms with Gasteiger partial charge in [-0.05, 0) is 61.1 Å². The quantitative estimate of drug-likeness (QED) is 0.260. The maximum Gasteiger partial charge on any atom is 0.337 e. The summed E-state index contributed by atoms with van der Waals surface area (Å²) < 4.78 is 6.87. The average Bonchev–Trinajstić information content (AvgIpc) is 3.61. The molecule has 0 saturated heterocycles. The van der Waals surface area contributed by atoms with E-state index < -0.39 is 17.3 Å². The van der Waals surface area contributed by atoms with Gasteiger partial charge in [-0.25, -0.2) is 14.3 Å². The van der Waals surface area contributed by atoms with Crippen molar-refractivity contribution in [2.45, 2.75) is 6.54 Å². The van der Waals surface area contributed by atoms with E-state index in [1.165, 1.54) is 4.68 Å². The van der Waals surface area contributed by atoms with Crippen molar-refractivity contribution in [2.75, 3.05) is 25.1 Å². The number of nitrogens with zero attached hydrogens (tertiary/aromatic N) is 7. The number of H-pyrrole nitrogens is 1. The van der Waals surface area contributed by atoms with Crippen LogP contribution in [0, 0.1) is 11.3 Å². The first-order valence-electron chi connectivity index (χ1n) is 13.3. The molecule has 3 aromatic heterocycles. The molecule has 0 fully saturated rings. The zero-order valence-corrected chi connectivity index (χ0v) is 23.5. The highest BCUT2D eigenvalue weighted by Crippen LogP contribution is 2.26. The Balaban J connectivity index is 1.36. The van der Waals surface area contributed by atoms with Gasteiger partial charge in [0.2, 0.25) is 5.89 Å². The molecule has 4 N–H and O–H groups in total. The molecule has 6 rings (SSSR count). The highest BCUT2D eigenvalue weighted by atomic mass is 16.4. The number of carbonyl (C=O) groups excluding carboxylic acids is 1. The van der Waals surface area contributed by atoms with E-state index in [2.05, 4.69) is 36.6 Å². The van der Waals surface area contributed by atoms with Gasteiger partial charge >= 0.3 is 17.7 Å². The molecule has 0 bridgehead atoms. The summed E-state index contributed by atoms with van der Waals surface area (Å²) in [6.45, 7) is 0.753. The molecule has 0 aliphatic carbocycles. The summed E-state index contributed by atoms with van der Waals surface area (Å²) >= 11 is 0. The largest absolute Gasteiger partial charge is 0.404 e. The van der Waals surface area contributed by atoms with Gasteiger partial charge in [-0.2, -0.15) is 14.9 Å². The van der Waals surface area contributed by atoms with Crippen LogP contribution in [0.4, 0.5) is 16.5 Å². The van der Waals surface area contributed by atoms with Crippen molar-refractivity contribution in [3.63, 3.8) is 0 Å². The number of amides is 1. The van der Waals surface area contributed by atoms with Crippen LogP contribution in [-0.2, 0) is 6.54 Å². The molecular formula is C30H24N10O4. The number of hydrogen-bond donors (Lipinski definition) is 3. The van der Waals surface area contributed by atoms with Crippen molar-refractivity contribution < 1.29 is 9.21 Å². The van der Waals surface area contributed by atoms with Crippen LogP contribution >= 0.6 is 0 Å². The van der Waals surface area contributed by atoms with Crippen molar-refractivity contribution in [1.82, 2.24) is 34.4 Å². The molecule has 0 radical (unpaired) electrons. The lowest BCUT2D eigenvalue weighted by Crippen LogP contribution is -2.42. The third-order valence-corrected chi connectivity index (χ3v) is 6.76. The van der Waals surface area contributed by atoms with Crippen LogP contribution in [0.15, 0.2) is 86.8 Å². The minimum atomic E-state index is -1.03.